The summed E-state index contributed by atoms with van der Waals surface area (Å²) in [4.78, 5) is 33.8. The van der Waals surface area contributed by atoms with Crippen molar-refractivity contribution in [3.63, 3.8) is 0 Å². The van der Waals surface area contributed by atoms with Gasteiger partial charge in [0.2, 0.25) is 0 Å². The summed E-state index contributed by atoms with van der Waals surface area (Å²) in [6.07, 6.45) is 3.13. The third kappa shape index (κ3) is 1.85. The number of quaternary nitrogens is 1. The molecule has 2 heterocycles. The van der Waals surface area contributed by atoms with Crippen LogP contribution in [0.15, 0.2) is 18.5 Å². The number of amides is 2. The lowest BCUT2D eigenvalue weighted by molar-refractivity contribution is -0.140. The van der Waals surface area contributed by atoms with Gasteiger partial charge in [-0.1, -0.05) is 0 Å². The van der Waals surface area contributed by atoms with E-state index in [1.165, 1.54) is 11.9 Å². The van der Waals surface area contributed by atoms with E-state index in [1.807, 2.05) is 20.8 Å². The van der Waals surface area contributed by atoms with Gasteiger partial charge in [0, 0.05) is 19.4 Å². The number of carboxylic acids is 1. The highest BCUT2D eigenvalue weighted by atomic mass is 16.4. The monoisotopic (exact) mass is 279 g/mol. The fourth-order valence-electron chi connectivity index (χ4n) is 2.62. The number of likely N-dealkylation sites (N-methyl/N-ethyl adjacent to an activating group) is 1. The van der Waals surface area contributed by atoms with Crippen molar-refractivity contribution in [1.82, 2.24) is 19.4 Å². The second-order valence-corrected chi connectivity index (χ2v) is 5.96. The van der Waals surface area contributed by atoms with Gasteiger partial charge in [0.15, 0.2) is 6.04 Å². The molecule has 0 aliphatic carbocycles. The lowest BCUT2D eigenvalue weighted by Gasteiger charge is -2.39. The van der Waals surface area contributed by atoms with Gasteiger partial charge in [-0.15, -0.1) is 0 Å². The Balaban J connectivity index is 2.62. The SMILES string of the molecule is CN1C(=O)[N+](c2ncccn2)(C(C)(C)C)CC1C(=O)O. The number of aliphatic carboxylic acids is 1. The number of hydrogen-bond acceptors (Lipinski definition) is 4. The van der Waals surface area contributed by atoms with E-state index in [2.05, 4.69) is 9.97 Å². The van der Waals surface area contributed by atoms with Crippen LogP contribution in [0.25, 0.3) is 0 Å². The Morgan fingerprint density at radius 2 is 1.95 bits per heavy atom. The van der Waals surface area contributed by atoms with E-state index in [-0.39, 0.29) is 17.1 Å². The predicted octanol–water partition coefficient (Wildman–Crippen LogP) is 1.10. The van der Waals surface area contributed by atoms with Gasteiger partial charge in [-0.05, 0) is 26.8 Å². The molecule has 0 aromatic carbocycles. The molecular weight excluding hydrogens is 260 g/mol. The molecule has 1 saturated heterocycles. The molecule has 2 amide bonds. The van der Waals surface area contributed by atoms with Crippen LogP contribution >= 0.6 is 0 Å². The molecule has 7 nitrogen and oxygen atoms in total. The van der Waals surface area contributed by atoms with Crippen molar-refractivity contribution >= 4 is 17.9 Å². The number of hydrogen-bond donors (Lipinski definition) is 1. The summed E-state index contributed by atoms with van der Waals surface area (Å²) in [6.45, 7) is 5.79. The van der Waals surface area contributed by atoms with Crippen LogP contribution in [0.5, 0.6) is 0 Å². The third-order valence-electron chi connectivity index (χ3n) is 3.87. The molecule has 1 N–H and O–H groups in total. The van der Waals surface area contributed by atoms with E-state index < -0.39 is 17.6 Å². The molecule has 1 aromatic heterocycles. The average molecular weight is 279 g/mol. The molecule has 1 aliphatic rings. The number of nitrogens with zero attached hydrogens (tertiary/aromatic N) is 4. The zero-order valence-electron chi connectivity index (χ0n) is 12.1. The first-order valence-corrected chi connectivity index (χ1v) is 6.38. The van der Waals surface area contributed by atoms with E-state index in [9.17, 15) is 14.7 Å². The zero-order chi connectivity index (χ0) is 15.1. The van der Waals surface area contributed by atoms with Crippen molar-refractivity contribution in [2.75, 3.05) is 13.6 Å². The van der Waals surface area contributed by atoms with Gasteiger partial charge in [-0.3, -0.25) is 4.90 Å². The molecule has 0 radical (unpaired) electrons. The average Bonchev–Trinajstić information content (AvgIpc) is 2.64. The summed E-state index contributed by atoms with van der Waals surface area (Å²) in [5.41, 5.74) is -0.545. The largest absolute Gasteiger partial charge is 0.480 e. The molecule has 0 bridgehead atoms. The molecule has 1 fully saturated rings. The van der Waals surface area contributed by atoms with Crippen molar-refractivity contribution in [3.05, 3.63) is 18.5 Å². The predicted molar refractivity (Wildman–Crippen MR) is 73.0 cm³/mol. The topological polar surface area (TPSA) is 83.4 Å². The summed E-state index contributed by atoms with van der Waals surface area (Å²) < 4.78 is -0.193. The number of aromatic nitrogens is 2. The Hall–Kier alpha value is -2.02. The summed E-state index contributed by atoms with van der Waals surface area (Å²) in [6, 6.07) is 0.503. The minimum absolute atomic E-state index is 0.123. The Bertz CT molecular complexity index is 540. The molecule has 2 atom stereocenters. The number of carboxylic acid groups (broad SMARTS) is 1. The molecule has 2 unspecified atom stereocenters. The first-order chi connectivity index (χ1) is 9.22. The van der Waals surface area contributed by atoms with E-state index in [0.717, 1.165) is 0 Å². The molecule has 1 aliphatic heterocycles. The van der Waals surface area contributed by atoms with Gasteiger partial charge in [-0.2, -0.15) is 14.5 Å². The van der Waals surface area contributed by atoms with Gasteiger partial charge < -0.3 is 5.11 Å². The van der Waals surface area contributed by atoms with Crippen molar-refractivity contribution in [1.29, 1.82) is 0 Å². The molecule has 2 rings (SSSR count). The first-order valence-electron chi connectivity index (χ1n) is 6.38. The Labute approximate surface area is 117 Å². The highest BCUT2D eigenvalue weighted by Crippen LogP contribution is 2.37. The van der Waals surface area contributed by atoms with Crippen LogP contribution in [0.4, 0.5) is 10.7 Å². The lowest BCUT2D eigenvalue weighted by Crippen LogP contribution is -2.64. The lowest BCUT2D eigenvalue weighted by atomic mass is 10.0. The molecular formula is C13H19N4O3+. The zero-order valence-corrected chi connectivity index (χ0v) is 12.1. The molecule has 7 heteroatoms. The molecule has 0 spiro atoms. The summed E-state index contributed by atoms with van der Waals surface area (Å²) in [7, 11) is 1.51. The highest BCUT2D eigenvalue weighted by molar-refractivity contribution is 5.94. The quantitative estimate of drug-likeness (QED) is 0.820. The van der Waals surface area contributed by atoms with Gasteiger partial charge in [0.25, 0.3) is 0 Å². The van der Waals surface area contributed by atoms with Crippen LogP contribution in [0.2, 0.25) is 0 Å². The van der Waals surface area contributed by atoms with Gasteiger partial charge >= 0.3 is 17.9 Å². The van der Waals surface area contributed by atoms with E-state index >= 15 is 0 Å². The van der Waals surface area contributed by atoms with Crippen LogP contribution in [0.1, 0.15) is 20.8 Å². The fourth-order valence-corrected chi connectivity index (χ4v) is 2.62. The van der Waals surface area contributed by atoms with E-state index in [1.54, 1.807) is 18.5 Å². The Morgan fingerprint density at radius 3 is 2.35 bits per heavy atom. The van der Waals surface area contributed by atoms with Crippen molar-refractivity contribution in [2.24, 2.45) is 0 Å². The third-order valence-corrected chi connectivity index (χ3v) is 3.87. The standard InChI is InChI=1S/C13H18N4O3/c1-13(2,3)17(11-14-6-5-7-15-11)8-9(10(18)19)16(4)12(17)20/h5-7,9H,8H2,1-4H3/p+1. The van der Waals surface area contributed by atoms with Crippen LogP contribution < -0.4 is 4.48 Å². The molecule has 20 heavy (non-hydrogen) atoms. The smallest absolute Gasteiger partial charge is 0.428 e. The minimum Gasteiger partial charge on any atom is -0.480 e. The first kappa shape index (κ1) is 14.4. The normalized spacial score (nSPS) is 26.9. The van der Waals surface area contributed by atoms with Gasteiger partial charge in [-0.25, -0.2) is 9.59 Å². The summed E-state index contributed by atoms with van der Waals surface area (Å²) >= 11 is 0. The number of rotatable bonds is 2. The summed E-state index contributed by atoms with van der Waals surface area (Å²) in [5.74, 6) is -0.679. The van der Waals surface area contributed by atoms with Crippen LogP contribution in [0, 0.1) is 0 Å². The molecule has 108 valence electrons. The molecule has 1 aromatic rings. The fraction of sp³-hybridized carbons (Fsp3) is 0.538. The van der Waals surface area contributed by atoms with Crippen molar-refractivity contribution in [3.8, 4) is 0 Å². The summed E-state index contributed by atoms with van der Waals surface area (Å²) in [5, 5.41) is 9.30. The minimum atomic E-state index is -1.01. The van der Waals surface area contributed by atoms with Crippen LogP contribution in [-0.4, -0.2) is 57.1 Å². The second-order valence-electron chi connectivity index (χ2n) is 5.96. The van der Waals surface area contributed by atoms with E-state index in [0.29, 0.717) is 5.95 Å². The number of urea groups is 1. The maximum Gasteiger partial charge on any atom is 0.428 e. The Kier molecular flexibility index (Phi) is 3.25. The second kappa shape index (κ2) is 4.52. The van der Waals surface area contributed by atoms with Crippen LogP contribution in [-0.2, 0) is 4.79 Å². The van der Waals surface area contributed by atoms with E-state index in [4.69, 9.17) is 0 Å². The number of carbonyl (C=O) groups excluding carboxylic acids is 1. The van der Waals surface area contributed by atoms with Crippen LogP contribution in [0.3, 0.4) is 0 Å². The Morgan fingerprint density at radius 1 is 1.40 bits per heavy atom. The van der Waals surface area contributed by atoms with Gasteiger partial charge in [0.05, 0.1) is 0 Å². The maximum absolute atomic E-state index is 12.7. The molecule has 0 saturated carbocycles. The van der Waals surface area contributed by atoms with Gasteiger partial charge in [0.1, 0.15) is 12.1 Å². The highest BCUT2D eigenvalue weighted by Gasteiger charge is 2.62. The number of carbonyl (C=O) groups is 2. The van der Waals surface area contributed by atoms with Crippen molar-refractivity contribution < 1.29 is 14.7 Å². The maximum atomic E-state index is 12.7. The van der Waals surface area contributed by atoms with Crippen molar-refractivity contribution in [2.45, 2.75) is 32.4 Å².